The van der Waals surface area contributed by atoms with Crippen molar-refractivity contribution in [1.29, 1.82) is 0 Å². The largest absolute Gasteiger partial charge is 0.469 e. The summed E-state index contributed by atoms with van der Waals surface area (Å²) in [6, 6.07) is 3.46. The van der Waals surface area contributed by atoms with Crippen molar-refractivity contribution in [3.63, 3.8) is 0 Å². The van der Waals surface area contributed by atoms with Gasteiger partial charge in [0.15, 0.2) is 0 Å². The summed E-state index contributed by atoms with van der Waals surface area (Å²) in [4.78, 5) is 43.8. The quantitative estimate of drug-likeness (QED) is 0.443. The Bertz CT molecular complexity index is 1090. The molecule has 3 rings (SSSR count). The molecule has 10 heteroatoms. The molecule has 0 bridgehead atoms. The van der Waals surface area contributed by atoms with Crippen LogP contribution in [0.1, 0.15) is 49.5 Å². The molecule has 7 nitrogen and oxygen atoms in total. The van der Waals surface area contributed by atoms with Gasteiger partial charge in [-0.3, -0.25) is 19.5 Å². The van der Waals surface area contributed by atoms with E-state index in [0.717, 1.165) is 12.8 Å². The summed E-state index contributed by atoms with van der Waals surface area (Å²) in [7, 11) is 1.23. The summed E-state index contributed by atoms with van der Waals surface area (Å²) in [6.45, 7) is 2.13. The summed E-state index contributed by atoms with van der Waals surface area (Å²) >= 11 is 7.18. The molecule has 1 aliphatic carbocycles. The van der Waals surface area contributed by atoms with Crippen LogP contribution in [0.4, 0.5) is 10.1 Å². The van der Waals surface area contributed by atoms with Crippen molar-refractivity contribution in [2.75, 3.05) is 18.6 Å². The van der Waals surface area contributed by atoms with Crippen molar-refractivity contribution >= 4 is 46.5 Å². The van der Waals surface area contributed by atoms with Gasteiger partial charge in [-0.2, -0.15) is 4.39 Å². The fourth-order valence-corrected chi connectivity index (χ4v) is 5.02. The minimum atomic E-state index is -0.701. The van der Waals surface area contributed by atoms with Crippen LogP contribution in [0, 0.1) is 5.13 Å². The third-order valence-corrected chi connectivity index (χ3v) is 6.86. The second-order valence-electron chi connectivity index (χ2n) is 7.77. The molecule has 0 N–H and O–H groups in total. The number of aromatic nitrogens is 1. The Morgan fingerprint density at radius 3 is 2.62 bits per heavy atom. The number of halogens is 2. The van der Waals surface area contributed by atoms with Crippen LogP contribution in [0.5, 0.6) is 0 Å². The van der Waals surface area contributed by atoms with Gasteiger partial charge >= 0.3 is 11.9 Å². The van der Waals surface area contributed by atoms with E-state index in [1.54, 1.807) is 24.5 Å². The number of anilines is 1. The van der Waals surface area contributed by atoms with Gasteiger partial charge in [0.2, 0.25) is 5.13 Å². The molecule has 0 aliphatic heterocycles. The first-order valence-corrected chi connectivity index (χ1v) is 12.2. The summed E-state index contributed by atoms with van der Waals surface area (Å²) in [5.41, 5.74) is 1.15. The Hall–Kier alpha value is -2.78. The highest BCUT2D eigenvalue weighted by Crippen LogP contribution is 2.41. The fraction of sp³-hybridized carbons (Fsp3) is 0.417. The highest BCUT2D eigenvalue weighted by atomic mass is 35.5. The molecule has 0 fully saturated rings. The maximum absolute atomic E-state index is 15.2. The minimum absolute atomic E-state index is 0.0154. The molecule has 1 amide bonds. The molecule has 1 aliphatic rings. The summed E-state index contributed by atoms with van der Waals surface area (Å²) in [5.74, 6) is -1.61. The average Bonchev–Trinajstić information content (AvgIpc) is 3.13. The van der Waals surface area contributed by atoms with Crippen LogP contribution in [0.2, 0.25) is 5.02 Å². The number of thiophene rings is 1. The monoisotopic (exact) mass is 508 g/mol. The molecule has 0 unspecified atom stereocenters. The predicted molar refractivity (Wildman–Crippen MR) is 127 cm³/mol. The number of nitrogens with zero attached hydrogens (tertiary/aromatic N) is 2. The van der Waals surface area contributed by atoms with Crippen LogP contribution < -0.4 is 4.90 Å². The number of carbonyl (C=O) groups excluding carboxylic acids is 3. The Morgan fingerprint density at radius 1 is 1.24 bits per heavy atom. The predicted octanol–water partition coefficient (Wildman–Crippen LogP) is 5.01. The van der Waals surface area contributed by atoms with Crippen molar-refractivity contribution in [2.45, 2.75) is 52.0 Å². The molecule has 0 radical (unpaired) electrons. The van der Waals surface area contributed by atoms with Gasteiger partial charge in [0, 0.05) is 28.4 Å². The van der Waals surface area contributed by atoms with Gasteiger partial charge < -0.3 is 9.47 Å². The van der Waals surface area contributed by atoms with Crippen molar-refractivity contribution in [1.82, 2.24) is 4.98 Å². The molecular weight excluding hydrogens is 483 g/mol. The summed E-state index contributed by atoms with van der Waals surface area (Å²) < 4.78 is 25.2. The topological polar surface area (TPSA) is 85.8 Å². The van der Waals surface area contributed by atoms with Crippen LogP contribution in [-0.2, 0) is 36.8 Å². The molecular formula is C24H26ClFN2O5S. The Balaban J connectivity index is 2.06. The molecule has 2 aromatic heterocycles. The van der Waals surface area contributed by atoms with Crippen LogP contribution in [0.3, 0.4) is 0 Å². The number of methoxy groups -OCH3 is 1. The number of hydrogen-bond donors (Lipinski definition) is 0. The van der Waals surface area contributed by atoms with E-state index < -0.39 is 23.0 Å². The van der Waals surface area contributed by atoms with E-state index in [4.69, 9.17) is 16.3 Å². The van der Waals surface area contributed by atoms with Gasteiger partial charge in [-0.1, -0.05) is 24.6 Å². The van der Waals surface area contributed by atoms with Gasteiger partial charge in [0.1, 0.15) is 5.69 Å². The van der Waals surface area contributed by atoms with E-state index in [0.29, 0.717) is 47.3 Å². The molecule has 0 aromatic carbocycles. The lowest BCUT2D eigenvalue weighted by atomic mass is 9.90. The SMILES string of the molecule is CCCOC(=O)C1=C(C(=O)N(Cc2cccnc2)c2c(F)sc(CC(=O)OC)c2Cl)CCCC1. The molecule has 34 heavy (non-hydrogen) atoms. The average molecular weight is 509 g/mol. The fourth-order valence-electron chi connectivity index (χ4n) is 3.70. The first-order valence-electron chi connectivity index (χ1n) is 11.0. The van der Waals surface area contributed by atoms with E-state index in [-0.39, 0.29) is 35.2 Å². The molecule has 0 spiro atoms. The number of hydrogen-bond acceptors (Lipinski definition) is 7. The standard InChI is InChI=1S/C24H26ClFN2O5S/c1-3-11-33-24(31)17-9-5-4-8-16(17)23(30)28(14-15-7-6-10-27-13-15)21-20(25)18(34-22(21)26)12-19(29)32-2/h6-7,10,13H,3-5,8-9,11-12,14H2,1-2H3. The van der Waals surface area contributed by atoms with Gasteiger partial charge in [-0.05, 0) is 43.7 Å². The van der Waals surface area contributed by atoms with Crippen LogP contribution in [0.25, 0.3) is 0 Å². The Labute approximate surface area is 206 Å². The molecule has 2 aromatic rings. The van der Waals surface area contributed by atoms with E-state index in [1.807, 2.05) is 6.92 Å². The van der Waals surface area contributed by atoms with Gasteiger partial charge in [0.05, 0.1) is 31.7 Å². The van der Waals surface area contributed by atoms with Gasteiger partial charge in [-0.15, -0.1) is 11.3 Å². The second-order valence-corrected chi connectivity index (χ2v) is 9.20. The molecule has 0 saturated carbocycles. The third kappa shape index (κ3) is 6.01. The summed E-state index contributed by atoms with van der Waals surface area (Å²) in [6.07, 6.45) is 5.87. The maximum Gasteiger partial charge on any atom is 0.334 e. The number of rotatable bonds is 9. The van der Waals surface area contributed by atoms with Crippen molar-refractivity contribution in [3.05, 3.63) is 56.3 Å². The number of pyridine rings is 1. The number of amides is 1. The first kappa shape index (κ1) is 25.8. The Kier molecular flexibility index (Phi) is 9.18. The third-order valence-electron chi connectivity index (χ3n) is 5.37. The highest BCUT2D eigenvalue weighted by molar-refractivity contribution is 7.11. The lowest BCUT2D eigenvalue weighted by molar-refractivity contribution is -0.140. The number of carbonyl (C=O) groups is 3. The van der Waals surface area contributed by atoms with Crippen molar-refractivity contribution in [3.8, 4) is 0 Å². The number of ether oxygens (including phenoxy) is 2. The maximum atomic E-state index is 15.2. The lowest BCUT2D eigenvalue weighted by Gasteiger charge is -2.27. The molecule has 0 saturated heterocycles. The minimum Gasteiger partial charge on any atom is -0.469 e. The van der Waals surface area contributed by atoms with E-state index in [1.165, 1.54) is 12.0 Å². The molecule has 2 heterocycles. The second kappa shape index (κ2) is 12.1. The van der Waals surface area contributed by atoms with Crippen molar-refractivity contribution < 1.29 is 28.2 Å². The smallest absolute Gasteiger partial charge is 0.334 e. The Morgan fingerprint density at radius 2 is 1.97 bits per heavy atom. The van der Waals surface area contributed by atoms with Crippen LogP contribution in [0.15, 0.2) is 35.7 Å². The van der Waals surface area contributed by atoms with E-state index in [2.05, 4.69) is 9.72 Å². The van der Waals surface area contributed by atoms with Crippen LogP contribution >= 0.6 is 22.9 Å². The lowest BCUT2D eigenvalue weighted by Crippen LogP contribution is -2.34. The van der Waals surface area contributed by atoms with Gasteiger partial charge in [0.25, 0.3) is 5.91 Å². The zero-order chi connectivity index (χ0) is 24.7. The number of esters is 2. The zero-order valence-electron chi connectivity index (χ0n) is 19.1. The highest BCUT2D eigenvalue weighted by Gasteiger charge is 2.33. The molecule has 182 valence electrons. The van der Waals surface area contributed by atoms with E-state index >= 15 is 4.39 Å². The summed E-state index contributed by atoms with van der Waals surface area (Å²) in [5, 5.41) is -0.732. The van der Waals surface area contributed by atoms with Crippen LogP contribution in [-0.4, -0.2) is 36.5 Å². The van der Waals surface area contributed by atoms with Gasteiger partial charge in [-0.25, -0.2) is 4.79 Å². The van der Waals surface area contributed by atoms with Crippen molar-refractivity contribution in [2.24, 2.45) is 0 Å². The molecule has 0 atom stereocenters. The zero-order valence-corrected chi connectivity index (χ0v) is 20.6. The first-order chi connectivity index (χ1) is 16.4. The normalized spacial score (nSPS) is 13.5. The van der Waals surface area contributed by atoms with E-state index in [9.17, 15) is 14.4 Å².